The number of nitriles is 2. The van der Waals surface area contributed by atoms with Crippen LogP contribution in [-0.2, 0) is 0 Å². The lowest BCUT2D eigenvalue weighted by Crippen LogP contribution is -2.27. The van der Waals surface area contributed by atoms with E-state index in [4.69, 9.17) is 10.5 Å². The Bertz CT molecular complexity index is 491. The minimum Gasteiger partial charge on any atom is -0.353 e. The summed E-state index contributed by atoms with van der Waals surface area (Å²) in [5, 5.41) is 17.6. The smallest absolute Gasteiger partial charge is 0.130 e. The number of hydrogen-bond donors (Lipinski definition) is 0. The molecule has 1 heterocycles. The van der Waals surface area contributed by atoms with Gasteiger partial charge in [-0.3, -0.25) is 0 Å². The monoisotopic (exact) mass is 226 g/mol. The van der Waals surface area contributed by atoms with Gasteiger partial charge >= 0.3 is 0 Å². The van der Waals surface area contributed by atoms with Crippen molar-refractivity contribution in [2.45, 2.75) is 32.2 Å². The molecule has 4 heteroatoms. The van der Waals surface area contributed by atoms with Crippen molar-refractivity contribution in [3.05, 3.63) is 23.4 Å². The number of anilines is 1. The van der Waals surface area contributed by atoms with Crippen LogP contribution < -0.4 is 4.90 Å². The first-order valence-corrected chi connectivity index (χ1v) is 5.77. The van der Waals surface area contributed by atoms with Crippen LogP contribution in [-0.4, -0.2) is 17.6 Å². The molecule has 0 saturated heterocycles. The van der Waals surface area contributed by atoms with Crippen LogP contribution in [0.5, 0.6) is 0 Å². The first-order chi connectivity index (χ1) is 8.24. The van der Waals surface area contributed by atoms with Crippen LogP contribution in [0.2, 0.25) is 0 Å². The third kappa shape index (κ3) is 2.73. The van der Waals surface area contributed by atoms with E-state index < -0.39 is 0 Å². The molecule has 0 atom stereocenters. The summed E-state index contributed by atoms with van der Waals surface area (Å²) in [5.41, 5.74) is 1.48. The standard InChI is InChI=1S/C13H14N4/c1-10-7-11(9-15)8-13(16-10)17(6-2-5-14)12-3-4-12/h7-8,12H,2-4,6H2,1H3. The second-order valence-electron chi connectivity index (χ2n) is 4.30. The molecule has 1 aromatic heterocycles. The molecule has 0 bridgehead atoms. The average molecular weight is 226 g/mol. The number of nitrogens with zero attached hydrogens (tertiary/aromatic N) is 4. The fourth-order valence-corrected chi connectivity index (χ4v) is 1.90. The summed E-state index contributed by atoms with van der Waals surface area (Å²) in [6.45, 7) is 2.59. The van der Waals surface area contributed by atoms with Gasteiger partial charge in [0.25, 0.3) is 0 Å². The SMILES string of the molecule is Cc1cc(C#N)cc(N(CCC#N)C2CC2)n1. The highest BCUT2D eigenvalue weighted by atomic mass is 15.2. The quantitative estimate of drug-likeness (QED) is 0.789. The second kappa shape index (κ2) is 4.84. The number of rotatable bonds is 4. The van der Waals surface area contributed by atoms with Crippen LogP contribution in [0.25, 0.3) is 0 Å². The van der Waals surface area contributed by atoms with Gasteiger partial charge in [0.2, 0.25) is 0 Å². The van der Waals surface area contributed by atoms with Gasteiger partial charge in [0.1, 0.15) is 5.82 Å². The zero-order valence-corrected chi connectivity index (χ0v) is 9.85. The molecule has 0 unspecified atom stereocenters. The minimum absolute atomic E-state index is 0.494. The average Bonchev–Trinajstić information content (AvgIpc) is 3.13. The summed E-state index contributed by atoms with van der Waals surface area (Å²) < 4.78 is 0. The highest BCUT2D eigenvalue weighted by molar-refractivity contribution is 5.48. The first-order valence-electron chi connectivity index (χ1n) is 5.77. The van der Waals surface area contributed by atoms with Crippen LogP contribution in [0.3, 0.4) is 0 Å². The highest BCUT2D eigenvalue weighted by Crippen LogP contribution is 2.31. The molecule has 86 valence electrons. The summed E-state index contributed by atoms with van der Waals surface area (Å²) >= 11 is 0. The van der Waals surface area contributed by atoms with Crippen LogP contribution >= 0.6 is 0 Å². The number of hydrogen-bond acceptors (Lipinski definition) is 4. The molecule has 0 aromatic carbocycles. The summed E-state index contributed by atoms with van der Waals surface area (Å²) in [4.78, 5) is 6.61. The summed E-state index contributed by atoms with van der Waals surface area (Å²) in [7, 11) is 0. The molecule has 1 aliphatic rings. The van der Waals surface area contributed by atoms with Crippen molar-refractivity contribution in [1.82, 2.24) is 4.98 Å². The van der Waals surface area contributed by atoms with Crippen molar-refractivity contribution < 1.29 is 0 Å². The van der Waals surface area contributed by atoms with E-state index in [1.54, 1.807) is 6.07 Å². The van der Waals surface area contributed by atoms with Gasteiger partial charge in [-0.05, 0) is 31.9 Å². The molecule has 1 aliphatic carbocycles. The van der Waals surface area contributed by atoms with Crippen molar-refractivity contribution in [1.29, 1.82) is 10.5 Å². The summed E-state index contributed by atoms with van der Waals surface area (Å²) in [6, 6.07) is 8.39. The molecule has 17 heavy (non-hydrogen) atoms. The van der Waals surface area contributed by atoms with Crippen molar-refractivity contribution in [2.75, 3.05) is 11.4 Å². The van der Waals surface area contributed by atoms with Gasteiger partial charge in [-0.15, -0.1) is 0 Å². The molecule has 0 amide bonds. The number of aromatic nitrogens is 1. The Labute approximate surface area is 101 Å². The molecule has 1 fully saturated rings. The maximum absolute atomic E-state index is 8.95. The highest BCUT2D eigenvalue weighted by Gasteiger charge is 2.29. The fraction of sp³-hybridized carbons (Fsp3) is 0.462. The van der Waals surface area contributed by atoms with E-state index in [1.165, 1.54) is 0 Å². The van der Waals surface area contributed by atoms with Gasteiger partial charge in [-0.2, -0.15) is 10.5 Å². The van der Waals surface area contributed by atoms with Gasteiger partial charge in [0.05, 0.1) is 24.1 Å². The molecule has 0 radical (unpaired) electrons. The Hall–Kier alpha value is -2.07. The minimum atomic E-state index is 0.494. The van der Waals surface area contributed by atoms with E-state index in [2.05, 4.69) is 22.0 Å². The lowest BCUT2D eigenvalue weighted by Gasteiger charge is -2.22. The van der Waals surface area contributed by atoms with Crippen LogP contribution in [0, 0.1) is 29.6 Å². The van der Waals surface area contributed by atoms with Gasteiger partial charge in [-0.1, -0.05) is 0 Å². The Morgan fingerprint density at radius 2 is 2.18 bits per heavy atom. The molecular formula is C13H14N4. The molecule has 1 aromatic rings. The summed E-state index contributed by atoms with van der Waals surface area (Å²) in [6.07, 6.45) is 2.81. The number of pyridine rings is 1. The largest absolute Gasteiger partial charge is 0.353 e. The van der Waals surface area contributed by atoms with Gasteiger partial charge in [0, 0.05) is 18.3 Å². The normalized spacial score (nSPS) is 13.8. The molecule has 0 spiro atoms. The predicted molar refractivity (Wildman–Crippen MR) is 64.3 cm³/mol. The van der Waals surface area contributed by atoms with Gasteiger partial charge in [0.15, 0.2) is 0 Å². The first kappa shape index (κ1) is 11.4. The van der Waals surface area contributed by atoms with Crippen LogP contribution in [0.4, 0.5) is 5.82 Å². The number of aryl methyl sites for hydroxylation is 1. The third-order valence-corrected chi connectivity index (χ3v) is 2.82. The Balaban J connectivity index is 2.26. The van der Waals surface area contributed by atoms with Crippen LogP contribution in [0.1, 0.15) is 30.5 Å². The molecule has 0 aliphatic heterocycles. The third-order valence-electron chi connectivity index (χ3n) is 2.82. The second-order valence-corrected chi connectivity index (χ2v) is 4.30. The van der Waals surface area contributed by atoms with Crippen molar-refractivity contribution in [3.8, 4) is 12.1 Å². The Kier molecular flexibility index (Phi) is 3.25. The lowest BCUT2D eigenvalue weighted by atomic mass is 10.2. The van der Waals surface area contributed by atoms with Crippen LogP contribution in [0.15, 0.2) is 12.1 Å². The molecule has 4 nitrogen and oxygen atoms in total. The molecule has 0 N–H and O–H groups in total. The topological polar surface area (TPSA) is 63.7 Å². The van der Waals surface area contributed by atoms with E-state index in [-0.39, 0.29) is 0 Å². The van der Waals surface area contributed by atoms with Crippen molar-refractivity contribution >= 4 is 5.82 Å². The zero-order valence-electron chi connectivity index (χ0n) is 9.85. The van der Waals surface area contributed by atoms with Crippen molar-refractivity contribution in [3.63, 3.8) is 0 Å². The molecular weight excluding hydrogens is 212 g/mol. The fourth-order valence-electron chi connectivity index (χ4n) is 1.90. The van der Waals surface area contributed by atoms with Gasteiger partial charge < -0.3 is 4.90 Å². The van der Waals surface area contributed by atoms with E-state index in [0.717, 1.165) is 24.4 Å². The van der Waals surface area contributed by atoms with E-state index in [9.17, 15) is 0 Å². The Morgan fingerprint density at radius 3 is 2.76 bits per heavy atom. The van der Waals surface area contributed by atoms with E-state index in [0.29, 0.717) is 24.6 Å². The zero-order chi connectivity index (χ0) is 12.3. The maximum Gasteiger partial charge on any atom is 0.130 e. The maximum atomic E-state index is 8.95. The Morgan fingerprint density at radius 1 is 1.41 bits per heavy atom. The van der Waals surface area contributed by atoms with E-state index in [1.807, 2.05) is 13.0 Å². The van der Waals surface area contributed by atoms with Crippen molar-refractivity contribution in [2.24, 2.45) is 0 Å². The predicted octanol–water partition coefficient (Wildman–Crippen LogP) is 2.14. The summed E-state index contributed by atoms with van der Waals surface area (Å²) in [5.74, 6) is 0.833. The molecule has 2 rings (SSSR count). The van der Waals surface area contributed by atoms with E-state index >= 15 is 0 Å². The van der Waals surface area contributed by atoms with Gasteiger partial charge in [-0.25, -0.2) is 4.98 Å². The molecule has 1 saturated carbocycles. The lowest BCUT2D eigenvalue weighted by molar-refractivity contribution is 0.775.